The lowest BCUT2D eigenvalue weighted by Gasteiger charge is -2.06. The van der Waals surface area contributed by atoms with Crippen LogP contribution in [-0.4, -0.2) is 5.11 Å². The summed E-state index contributed by atoms with van der Waals surface area (Å²) in [6.07, 6.45) is 0. The topological polar surface area (TPSA) is 20.2 Å². The number of aryl methyl sites for hydroxylation is 2. The molecule has 11 heavy (non-hydrogen) atoms. The highest BCUT2D eigenvalue weighted by molar-refractivity contribution is 7.27. The predicted octanol–water partition coefficient (Wildman–Crippen LogP) is 1.30. The van der Waals surface area contributed by atoms with Crippen LogP contribution in [-0.2, 0) is 6.61 Å². The van der Waals surface area contributed by atoms with E-state index in [1.807, 2.05) is 13.0 Å². The molecule has 1 aromatic carbocycles. The van der Waals surface area contributed by atoms with Gasteiger partial charge in [-0.1, -0.05) is 6.07 Å². The Morgan fingerprint density at radius 3 is 2.45 bits per heavy atom. The number of aliphatic hydroxyl groups is 1. The maximum atomic E-state index is 8.92. The van der Waals surface area contributed by atoms with Crippen molar-refractivity contribution in [2.75, 3.05) is 0 Å². The molecule has 0 saturated carbocycles. The van der Waals surface area contributed by atoms with Crippen LogP contribution in [0.25, 0.3) is 0 Å². The lowest BCUT2D eigenvalue weighted by molar-refractivity contribution is 0.281. The SMILES string of the molecule is Cc1cc(C)c(CO)cc1P. The van der Waals surface area contributed by atoms with Gasteiger partial charge in [-0.25, -0.2) is 0 Å². The van der Waals surface area contributed by atoms with Gasteiger partial charge >= 0.3 is 0 Å². The van der Waals surface area contributed by atoms with Gasteiger partial charge in [0.25, 0.3) is 0 Å². The van der Waals surface area contributed by atoms with Crippen LogP contribution in [0.1, 0.15) is 16.7 Å². The molecule has 1 nitrogen and oxygen atoms in total. The van der Waals surface area contributed by atoms with E-state index >= 15 is 0 Å². The Morgan fingerprint density at radius 2 is 1.91 bits per heavy atom. The van der Waals surface area contributed by atoms with Gasteiger partial charge in [-0.15, -0.1) is 9.24 Å². The van der Waals surface area contributed by atoms with E-state index in [0.717, 1.165) is 11.1 Å². The minimum atomic E-state index is 0.132. The molecular weight excluding hydrogens is 155 g/mol. The molecule has 0 saturated heterocycles. The molecule has 0 aliphatic heterocycles. The van der Waals surface area contributed by atoms with Crippen molar-refractivity contribution >= 4 is 14.5 Å². The molecule has 0 heterocycles. The molecular formula is C9H13OP. The number of hydrogen-bond donors (Lipinski definition) is 1. The molecule has 0 fully saturated rings. The second-order valence-corrected chi connectivity index (χ2v) is 3.42. The molecule has 1 atom stereocenters. The van der Waals surface area contributed by atoms with Crippen molar-refractivity contribution in [3.8, 4) is 0 Å². The smallest absolute Gasteiger partial charge is 0.0684 e. The molecule has 60 valence electrons. The Kier molecular flexibility index (Phi) is 2.64. The third-order valence-corrected chi connectivity index (χ3v) is 2.52. The highest BCUT2D eigenvalue weighted by Crippen LogP contribution is 2.10. The van der Waals surface area contributed by atoms with E-state index in [1.54, 1.807) is 0 Å². The maximum Gasteiger partial charge on any atom is 0.0684 e. The van der Waals surface area contributed by atoms with E-state index in [1.165, 1.54) is 10.9 Å². The molecule has 1 N–H and O–H groups in total. The zero-order chi connectivity index (χ0) is 8.43. The standard InChI is InChI=1S/C9H13OP/c1-6-3-7(2)9(11)4-8(6)5-10/h3-4,10H,5,11H2,1-2H3. The fourth-order valence-electron chi connectivity index (χ4n) is 1.09. The number of benzene rings is 1. The lowest BCUT2D eigenvalue weighted by Crippen LogP contribution is -2.01. The number of hydrogen-bond acceptors (Lipinski definition) is 1. The summed E-state index contributed by atoms with van der Waals surface area (Å²) in [5.41, 5.74) is 3.43. The second-order valence-electron chi connectivity index (χ2n) is 2.79. The minimum Gasteiger partial charge on any atom is -0.392 e. The van der Waals surface area contributed by atoms with E-state index in [-0.39, 0.29) is 6.61 Å². The van der Waals surface area contributed by atoms with Crippen LogP contribution >= 0.6 is 9.24 Å². The van der Waals surface area contributed by atoms with E-state index in [4.69, 9.17) is 5.11 Å². The van der Waals surface area contributed by atoms with E-state index in [9.17, 15) is 0 Å². The van der Waals surface area contributed by atoms with E-state index < -0.39 is 0 Å². The monoisotopic (exact) mass is 168 g/mol. The third-order valence-electron chi connectivity index (χ3n) is 1.89. The zero-order valence-electron chi connectivity index (χ0n) is 6.89. The van der Waals surface area contributed by atoms with Crippen molar-refractivity contribution in [1.29, 1.82) is 0 Å². The van der Waals surface area contributed by atoms with Crippen molar-refractivity contribution in [3.63, 3.8) is 0 Å². The molecule has 0 spiro atoms. The second kappa shape index (κ2) is 3.34. The molecule has 0 amide bonds. The Bertz CT molecular complexity index is 269. The number of rotatable bonds is 1. The molecule has 1 unspecified atom stereocenters. The van der Waals surface area contributed by atoms with Gasteiger partial charge in [0.1, 0.15) is 0 Å². The predicted molar refractivity (Wildman–Crippen MR) is 51.2 cm³/mol. The molecule has 0 aliphatic carbocycles. The summed E-state index contributed by atoms with van der Waals surface area (Å²) in [7, 11) is 2.66. The molecule has 0 aliphatic rings. The van der Waals surface area contributed by atoms with Gasteiger partial charge in [0.05, 0.1) is 6.61 Å². The van der Waals surface area contributed by atoms with Gasteiger partial charge < -0.3 is 5.11 Å². The highest BCUT2D eigenvalue weighted by Gasteiger charge is 1.99. The summed E-state index contributed by atoms with van der Waals surface area (Å²) < 4.78 is 0. The van der Waals surface area contributed by atoms with Gasteiger partial charge in [0.2, 0.25) is 0 Å². The van der Waals surface area contributed by atoms with Crippen molar-refractivity contribution in [2.24, 2.45) is 0 Å². The average molecular weight is 168 g/mol. The highest BCUT2D eigenvalue weighted by atomic mass is 31.0. The normalized spacial score (nSPS) is 10.2. The number of aliphatic hydroxyl groups excluding tert-OH is 1. The van der Waals surface area contributed by atoms with Crippen LogP contribution in [0.4, 0.5) is 0 Å². The Morgan fingerprint density at radius 1 is 1.27 bits per heavy atom. The van der Waals surface area contributed by atoms with Gasteiger partial charge in [0.15, 0.2) is 0 Å². The summed E-state index contributed by atoms with van der Waals surface area (Å²) in [6.45, 7) is 4.21. The van der Waals surface area contributed by atoms with E-state index in [2.05, 4.69) is 22.2 Å². The first-order valence-electron chi connectivity index (χ1n) is 3.61. The molecule has 2 heteroatoms. The molecule has 0 aromatic heterocycles. The molecule has 1 aromatic rings. The van der Waals surface area contributed by atoms with Crippen LogP contribution in [0.5, 0.6) is 0 Å². The van der Waals surface area contributed by atoms with Crippen molar-refractivity contribution in [2.45, 2.75) is 20.5 Å². The van der Waals surface area contributed by atoms with Crippen LogP contribution in [0.2, 0.25) is 0 Å². The first-order chi connectivity index (χ1) is 5.15. The fourth-order valence-corrected chi connectivity index (χ4v) is 1.37. The van der Waals surface area contributed by atoms with E-state index in [0.29, 0.717) is 0 Å². The lowest BCUT2D eigenvalue weighted by atomic mass is 10.1. The summed E-state index contributed by atoms with van der Waals surface area (Å²) in [5, 5.41) is 10.1. The van der Waals surface area contributed by atoms with Gasteiger partial charge in [0, 0.05) is 0 Å². The first-order valence-corrected chi connectivity index (χ1v) is 4.19. The fraction of sp³-hybridized carbons (Fsp3) is 0.333. The maximum absolute atomic E-state index is 8.92. The first kappa shape index (κ1) is 8.70. The molecule has 0 bridgehead atoms. The zero-order valence-corrected chi connectivity index (χ0v) is 8.04. The quantitative estimate of drug-likeness (QED) is 0.626. The average Bonchev–Trinajstić information content (AvgIpc) is 1.97. The van der Waals surface area contributed by atoms with Gasteiger partial charge in [-0.2, -0.15) is 0 Å². The van der Waals surface area contributed by atoms with Crippen molar-refractivity contribution < 1.29 is 5.11 Å². The van der Waals surface area contributed by atoms with Crippen LogP contribution in [0.15, 0.2) is 12.1 Å². The van der Waals surface area contributed by atoms with Gasteiger partial charge in [-0.3, -0.25) is 0 Å². The Hall–Kier alpha value is -0.390. The van der Waals surface area contributed by atoms with Crippen LogP contribution in [0.3, 0.4) is 0 Å². The van der Waals surface area contributed by atoms with Gasteiger partial charge in [-0.05, 0) is 41.9 Å². The van der Waals surface area contributed by atoms with Crippen molar-refractivity contribution in [1.82, 2.24) is 0 Å². The minimum absolute atomic E-state index is 0.132. The molecule has 0 radical (unpaired) electrons. The summed E-state index contributed by atoms with van der Waals surface area (Å²) in [6, 6.07) is 4.10. The molecule has 1 rings (SSSR count). The summed E-state index contributed by atoms with van der Waals surface area (Å²) in [5.74, 6) is 0. The van der Waals surface area contributed by atoms with Crippen LogP contribution in [0, 0.1) is 13.8 Å². The third kappa shape index (κ3) is 1.79. The Balaban J connectivity index is 3.21. The summed E-state index contributed by atoms with van der Waals surface area (Å²) >= 11 is 0. The van der Waals surface area contributed by atoms with Crippen molar-refractivity contribution in [3.05, 3.63) is 28.8 Å². The summed E-state index contributed by atoms with van der Waals surface area (Å²) in [4.78, 5) is 0. The van der Waals surface area contributed by atoms with Crippen LogP contribution < -0.4 is 5.30 Å². The Labute approximate surface area is 69.7 Å². The largest absolute Gasteiger partial charge is 0.392 e.